The van der Waals surface area contributed by atoms with E-state index in [0.717, 1.165) is 39.0 Å². The maximum Gasteiger partial charge on any atom is 0.130 e. The monoisotopic (exact) mass is 418 g/mol. The van der Waals surface area contributed by atoms with E-state index in [1.54, 1.807) is 12.5 Å². The average molecular weight is 419 g/mol. The van der Waals surface area contributed by atoms with E-state index < -0.39 is 0 Å². The van der Waals surface area contributed by atoms with Crippen LogP contribution >= 0.6 is 0 Å². The van der Waals surface area contributed by atoms with Crippen LogP contribution in [-0.4, -0.2) is 15.0 Å². The van der Waals surface area contributed by atoms with Gasteiger partial charge >= 0.3 is 0 Å². The number of allylic oxidation sites excluding steroid dienone is 5. The van der Waals surface area contributed by atoms with Crippen molar-refractivity contribution in [2.45, 2.75) is 20.4 Å². The summed E-state index contributed by atoms with van der Waals surface area (Å²) < 4.78 is 0. The van der Waals surface area contributed by atoms with Crippen LogP contribution in [0.5, 0.6) is 0 Å². The summed E-state index contributed by atoms with van der Waals surface area (Å²) in [7, 11) is 0. The predicted octanol–water partition coefficient (Wildman–Crippen LogP) is 6.84. The van der Waals surface area contributed by atoms with Gasteiger partial charge in [0.05, 0.1) is 5.69 Å². The molecule has 32 heavy (non-hydrogen) atoms. The summed E-state index contributed by atoms with van der Waals surface area (Å²) in [5.41, 5.74) is 6.49. The van der Waals surface area contributed by atoms with Crippen LogP contribution in [0, 0.1) is 0 Å². The van der Waals surface area contributed by atoms with E-state index in [0.29, 0.717) is 6.54 Å². The third-order valence-corrected chi connectivity index (χ3v) is 5.11. The molecule has 0 amide bonds. The number of fused-ring (bicyclic) bond motifs is 1. The molecule has 0 radical (unpaired) electrons. The summed E-state index contributed by atoms with van der Waals surface area (Å²) in [4.78, 5) is 13.0. The molecule has 0 spiro atoms. The molecule has 0 saturated carbocycles. The number of pyridine rings is 1. The van der Waals surface area contributed by atoms with Crippen LogP contribution < -0.4 is 5.32 Å². The summed E-state index contributed by atoms with van der Waals surface area (Å²) in [5, 5.41) is 5.67. The first-order valence-electron chi connectivity index (χ1n) is 10.6. The van der Waals surface area contributed by atoms with Crippen LogP contribution in [0.25, 0.3) is 27.6 Å². The third-order valence-electron chi connectivity index (χ3n) is 5.11. The van der Waals surface area contributed by atoms with Gasteiger partial charge in [-0.15, -0.1) is 0 Å². The van der Waals surface area contributed by atoms with Crippen molar-refractivity contribution in [3.63, 3.8) is 0 Å². The van der Waals surface area contributed by atoms with Crippen molar-refractivity contribution in [1.82, 2.24) is 15.0 Å². The van der Waals surface area contributed by atoms with Crippen molar-refractivity contribution in [3.05, 3.63) is 115 Å². The van der Waals surface area contributed by atoms with Gasteiger partial charge < -0.3 is 5.32 Å². The summed E-state index contributed by atoms with van der Waals surface area (Å²) in [6, 6.07) is 18.8. The lowest BCUT2D eigenvalue weighted by atomic mass is 10.0. The van der Waals surface area contributed by atoms with Gasteiger partial charge in [0, 0.05) is 36.0 Å². The Bertz CT molecular complexity index is 1300. The van der Waals surface area contributed by atoms with Crippen LogP contribution in [0.1, 0.15) is 25.0 Å². The molecule has 2 aromatic heterocycles. The van der Waals surface area contributed by atoms with Crippen molar-refractivity contribution in [3.8, 4) is 11.3 Å². The van der Waals surface area contributed by atoms with Gasteiger partial charge in [-0.1, -0.05) is 66.8 Å². The number of aromatic nitrogens is 3. The molecule has 2 aromatic carbocycles. The molecule has 4 aromatic rings. The predicted molar refractivity (Wildman–Crippen MR) is 134 cm³/mol. The Balaban J connectivity index is 1.48. The van der Waals surface area contributed by atoms with Crippen LogP contribution in [-0.2, 0) is 6.54 Å². The van der Waals surface area contributed by atoms with Crippen molar-refractivity contribution >= 4 is 22.2 Å². The number of nitrogens with zero attached hydrogens (tertiary/aromatic N) is 3. The molecule has 0 saturated heterocycles. The molecule has 0 unspecified atom stereocenters. The molecule has 0 bridgehead atoms. The van der Waals surface area contributed by atoms with Crippen molar-refractivity contribution in [2.24, 2.45) is 0 Å². The largest absolute Gasteiger partial charge is 0.366 e. The van der Waals surface area contributed by atoms with E-state index in [-0.39, 0.29) is 0 Å². The van der Waals surface area contributed by atoms with E-state index in [1.807, 2.05) is 38.3 Å². The van der Waals surface area contributed by atoms with Gasteiger partial charge in [0.15, 0.2) is 0 Å². The highest BCUT2D eigenvalue weighted by Gasteiger charge is 2.05. The van der Waals surface area contributed by atoms with E-state index in [2.05, 4.69) is 81.5 Å². The maximum atomic E-state index is 4.46. The molecule has 0 aliphatic heterocycles. The first-order chi connectivity index (χ1) is 15.6. The molecule has 4 nitrogen and oxygen atoms in total. The maximum absolute atomic E-state index is 4.46. The normalized spacial score (nSPS) is 11.8. The molecule has 0 aliphatic rings. The number of benzene rings is 2. The number of anilines is 1. The fourth-order valence-electron chi connectivity index (χ4n) is 3.53. The van der Waals surface area contributed by atoms with E-state index in [9.17, 15) is 0 Å². The first-order valence-corrected chi connectivity index (χ1v) is 10.6. The number of nitrogens with one attached hydrogen (secondary N) is 1. The highest BCUT2D eigenvalue weighted by atomic mass is 15.0. The van der Waals surface area contributed by atoms with Crippen LogP contribution in [0.4, 0.5) is 5.82 Å². The van der Waals surface area contributed by atoms with E-state index in [4.69, 9.17) is 0 Å². The summed E-state index contributed by atoms with van der Waals surface area (Å²) in [6.45, 7) is 8.71. The minimum absolute atomic E-state index is 0.684. The molecule has 4 heteroatoms. The lowest BCUT2D eigenvalue weighted by Gasteiger charge is -2.09. The topological polar surface area (TPSA) is 50.7 Å². The number of hydrogen-bond donors (Lipinski definition) is 1. The van der Waals surface area contributed by atoms with Crippen LogP contribution in [0.15, 0.2) is 104 Å². The molecule has 4 rings (SSSR count). The Morgan fingerprint density at radius 3 is 2.62 bits per heavy atom. The molecular weight excluding hydrogens is 392 g/mol. The summed E-state index contributed by atoms with van der Waals surface area (Å²) in [5.74, 6) is 0.797. The fourth-order valence-corrected chi connectivity index (χ4v) is 3.53. The van der Waals surface area contributed by atoms with Gasteiger partial charge in [0.1, 0.15) is 12.1 Å². The SMILES string of the molecule is C=C(C)/C=C(\C=C/C)c1ccc(CNc2cc(-c3ccc4cnccc4c3)ncn2)cc1. The van der Waals surface area contributed by atoms with Crippen molar-refractivity contribution < 1.29 is 0 Å². The summed E-state index contributed by atoms with van der Waals surface area (Å²) >= 11 is 0. The second-order valence-electron chi connectivity index (χ2n) is 7.72. The average Bonchev–Trinajstić information content (AvgIpc) is 2.82. The summed E-state index contributed by atoms with van der Waals surface area (Å²) in [6.07, 6.45) is 11.5. The minimum atomic E-state index is 0.684. The standard InChI is InChI=1S/C28H26N4/c1-4-5-23(14-20(2)3)22-8-6-21(7-9-22)17-30-28-16-27(31-19-32-28)25-10-11-26-18-29-13-12-24(26)15-25/h4-16,18-19H,2,17H2,1,3H3,(H,30,31,32)/b5-4-,23-14+. The smallest absolute Gasteiger partial charge is 0.130 e. The molecule has 2 heterocycles. The fraction of sp³-hybridized carbons (Fsp3) is 0.107. The second-order valence-corrected chi connectivity index (χ2v) is 7.72. The van der Waals surface area contributed by atoms with Gasteiger partial charge in [-0.3, -0.25) is 4.98 Å². The quantitative estimate of drug-likeness (QED) is 0.334. The minimum Gasteiger partial charge on any atom is -0.366 e. The lowest BCUT2D eigenvalue weighted by molar-refractivity contribution is 1.08. The lowest BCUT2D eigenvalue weighted by Crippen LogP contribution is -2.02. The third kappa shape index (κ3) is 5.16. The molecular formula is C28H26N4. The Kier molecular flexibility index (Phi) is 6.52. The van der Waals surface area contributed by atoms with Crippen molar-refractivity contribution in [2.75, 3.05) is 5.32 Å². The molecule has 158 valence electrons. The highest BCUT2D eigenvalue weighted by molar-refractivity contribution is 5.86. The van der Waals surface area contributed by atoms with Crippen LogP contribution in [0.2, 0.25) is 0 Å². The second kappa shape index (κ2) is 9.84. The molecule has 0 atom stereocenters. The zero-order valence-corrected chi connectivity index (χ0v) is 18.4. The molecule has 0 fully saturated rings. The van der Waals surface area contributed by atoms with Crippen molar-refractivity contribution in [1.29, 1.82) is 0 Å². The number of rotatable bonds is 7. The Labute approximate surface area is 189 Å². The first kappa shape index (κ1) is 21.2. The van der Waals surface area contributed by atoms with Gasteiger partial charge in [-0.05, 0) is 48.1 Å². The zero-order chi connectivity index (χ0) is 22.3. The Hall–Kier alpha value is -4.05. The van der Waals surface area contributed by atoms with E-state index in [1.165, 1.54) is 11.1 Å². The molecule has 0 aliphatic carbocycles. The van der Waals surface area contributed by atoms with E-state index >= 15 is 0 Å². The van der Waals surface area contributed by atoms with Gasteiger partial charge in [0.2, 0.25) is 0 Å². The number of hydrogen-bond acceptors (Lipinski definition) is 4. The zero-order valence-electron chi connectivity index (χ0n) is 18.4. The Morgan fingerprint density at radius 1 is 1.00 bits per heavy atom. The van der Waals surface area contributed by atoms with Gasteiger partial charge in [-0.2, -0.15) is 0 Å². The van der Waals surface area contributed by atoms with Gasteiger partial charge in [0.25, 0.3) is 0 Å². The molecule has 1 N–H and O–H groups in total. The van der Waals surface area contributed by atoms with Crippen LogP contribution in [0.3, 0.4) is 0 Å². The highest BCUT2D eigenvalue weighted by Crippen LogP contribution is 2.24. The van der Waals surface area contributed by atoms with Gasteiger partial charge in [-0.25, -0.2) is 9.97 Å². The Morgan fingerprint density at radius 2 is 1.84 bits per heavy atom.